The third-order valence-corrected chi connectivity index (χ3v) is 1.95. The molecule has 0 atom stereocenters. The number of aromatic amines is 1. The van der Waals surface area contributed by atoms with Crippen LogP contribution in [0.5, 0.6) is 0 Å². The molecule has 0 aliphatic rings. The van der Waals surface area contributed by atoms with Crippen molar-refractivity contribution in [3.63, 3.8) is 0 Å². The molecule has 0 unspecified atom stereocenters. The molecular weight excluding hydrogens is 178 g/mol. The van der Waals surface area contributed by atoms with Crippen LogP contribution in [-0.2, 0) is 11.3 Å². The maximum atomic E-state index is 8.98. The van der Waals surface area contributed by atoms with Gasteiger partial charge in [0.25, 0.3) is 5.82 Å². The topological polar surface area (TPSA) is 59.2 Å². The molecule has 2 N–H and O–H groups in total. The molecule has 0 fully saturated rings. The molecule has 1 aromatic heterocycles. The number of H-pyrrole nitrogens is 1. The van der Waals surface area contributed by atoms with Crippen molar-refractivity contribution in [2.75, 3.05) is 19.5 Å². The molecule has 4 nitrogen and oxygen atoms in total. The molecular formula is C10H14N3O+. The van der Waals surface area contributed by atoms with Crippen LogP contribution in [0.15, 0.2) is 6.07 Å². The van der Waals surface area contributed by atoms with Crippen molar-refractivity contribution in [1.29, 1.82) is 5.26 Å². The van der Waals surface area contributed by atoms with Gasteiger partial charge in [-0.3, -0.25) is 5.32 Å². The minimum atomic E-state index is 0.451. The van der Waals surface area contributed by atoms with Gasteiger partial charge in [0.15, 0.2) is 0 Å². The summed E-state index contributed by atoms with van der Waals surface area (Å²) in [6.45, 7) is 2.40. The second-order valence-corrected chi connectivity index (χ2v) is 3.02. The van der Waals surface area contributed by atoms with Crippen molar-refractivity contribution in [1.82, 2.24) is 0 Å². The number of nitrogens with one attached hydrogen (secondary N) is 2. The van der Waals surface area contributed by atoms with Crippen LogP contribution in [0.2, 0.25) is 0 Å². The number of methoxy groups -OCH3 is 1. The van der Waals surface area contributed by atoms with Gasteiger partial charge in [-0.25, -0.2) is 4.98 Å². The fourth-order valence-corrected chi connectivity index (χ4v) is 1.37. The van der Waals surface area contributed by atoms with Gasteiger partial charge in [-0.05, 0) is 13.0 Å². The third kappa shape index (κ3) is 2.01. The van der Waals surface area contributed by atoms with Crippen molar-refractivity contribution in [3.05, 3.63) is 22.9 Å². The van der Waals surface area contributed by atoms with E-state index in [1.807, 2.05) is 13.0 Å². The Bertz CT molecular complexity index is 368. The lowest BCUT2D eigenvalue weighted by Gasteiger charge is -2.04. The first-order valence-corrected chi connectivity index (χ1v) is 4.35. The molecule has 74 valence electrons. The second-order valence-electron chi connectivity index (χ2n) is 3.02. The number of hydrogen-bond acceptors (Lipinski definition) is 3. The van der Waals surface area contributed by atoms with Gasteiger partial charge in [-0.15, -0.1) is 0 Å². The Balaban J connectivity index is 3.26. The number of anilines is 1. The van der Waals surface area contributed by atoms with Gasteiger partial charge in [0.1, 0.15) is 11.6 Å². The molecule has 1 aromatic rings. The summed E-state index contributed by atoms with van der Waals surface area (Å²) in [6, 6.07) is 4.07. The third-order valence-electron chi connectivity index (χ3n) is 1.95. The highest BCUT2D eigenvalue weighted by Crippen LogP contribution is 2.15. The van der Waals surface area contributed by atoms with E-state index in [0.717, 1.165) is 17.1 Å². The van der Waals surface area contributed by atoms with E-state index in [-0.39, 0.29) is 0 Å². The van der Waals surface area contributed by atoms with Crippen molar-refractivity contribution in [2.24, 2.45) is 0 Å². The van der Waals surface area contributed by atoms with E-state index in [1.54, 1.807) is 14.2 Å². The molecule has 0 amide bonds. The van der Waals surface area contributed by atoms with Crippen LogP contribution < -0.4 is 10.3 Å². The Morgan fingerprint density at radius 3 is 2.86 bits per heavy atom. The number of hydrogen-bond donors (Lipinski definition) is 1. The van der Waals surface area contributed by atoms with Gasteiger partial charge in [0, 0.05) is 12.7 Å². The van der Waals surface area contributed by atoms with Crippen LogP contribution in [0.25, 0.3) is 0 Å². The Hall–Kier alpha value is -1.60. The highest BCUT2D eigenvalue weighted by molar-refractivity contribution is 5.52. The Labute approximate surface area is 83.5 Å². The zero-order valence-corrected chi connectivity index (χ0v) is 8.64. The Kier molecular flexibility index (Phi) is 3.43. The minimum Gasteiger partial charge on any atom is -0.380 e. The number of ether oxygens (including phenoxy) is 1. The molecule has 0 saturated heterocycles. The van der Waals surface area contributed by atoms with Crippen molar-refractivity contribution >= 4 is 5.82 Å². The lowest BCUT2D eigenvalue weighted by molar-refractivity contribution is -0.371. The average molecular weight is 192 g/mol. The monoisotopic (exact) mass is 192 g/mol. The highest BCUT2D eigenvalue weighted by atomic mass is 16.5. The van der Waals surface area contributed by atoms with Gasteiger partial charge in [-0.1, -0.05) is 0 Å². The fourth-order valence-electron chi connectivity index (χ4n) is 1.37. The predicted molar refractivity (Wildman–Crippen MR) is 52.7 cm³/mol. The number of rotatable bonds is 3. The van der Waals surface area contributed by atoms with E-state index in [1.165, 1.54) is 0 Å². The van der Waals surface area contributed by atoms with Gasteiger partial charge >= 0.3 is 0 Å². The van der Waals surface area contributed by atoms with E-state index in [0.29, 0.717) is 12.2 Å². The van der Waals surface area contributed by atoms with Gasteiger partial charge in [-0.2, -0.15) is 5.26 Å². The maximum absolute atomic E-state index is 8.98. The predicted octanol–water partition coefficient (Wildman–Crippen LogP) is 0.869. The zero-order valence-electron chi connectivity index (χ0n) is 8.64. The average Bonchev–Trinajstić information content (AvgIpc) is 2.17. The molecule has 14 heavy (non-hydrogen) atoms. The summed E-state index contributed by atoms with van der Waals surface area (Å²) in [5, 5.41) is 11.9. The largest absolute Gasteiger partial charge is 0.380 e. The molecule has 0 aliphatic carbocycles. The van der Waals surface area contributed by atoms with Crippen molar-refractivity contribution < 1.29 is 9.72 Å². The van der Waals surface area contributed by atoms with E-state index in [2.05, 4.69) is 16.4 Å². The quantitative estimate of drug-likeness (QED) is 0.773. The van der Waals surface area contributed by atoms with E-state index in [9.17, 15) is 0 Å². The molecule has 0 aliphatic heterocycles. The van der Waals surface area contributed by atoms with Gasteiger partial charge in [0.05, 0.1) is 19.3 Å². The number of nitrogens with zero attached hydrogens (tertiary/aromatic N) is 1. The number of aromatic nitrogens is 1. The van der Waals surface area contributed by atoms with Crippen LogP contribution in [0.3, 0.4) is 0 Å². The second kappa shape index (κ2) is 4.58. The smallest absolute Gasteiger partial charge is 0.290 e. The zero-order chi connectivity index (χ0) is 10.6. The normalized spacial score (nSPS) is 9.57. The van der Waals surface area contributed by atoms with Gasteiger partial charge in [0.2, 0.25) is 0 Å². The van der Waals surface area contributed by atoms with Crippen molar-refractivity contribution in [3.8, 4) is 6.07 Å². The summed E-state index contributed by atoms with van der Waals surface area (Å²) in [5.41, 5.74) is 2.51. The molecule has 0 aromatic carbocycles. The summed E-state index contributed by atoms with van der Waals surface area (Å²) in [7, 11) is 3.40. The van der Waals surface area contributed by atoms with Crippen LogP contribution in [0.1, 0.15) is 16.8 Å². The minimum absolute atomic E-state index is 0.451. The highest BCUT2D eigenvalue weighted by Gasteiger charge is 2.14. The fraction of sp³-hybridized carbons (Fsp3) is 0.400. The van der Waals surface area contributed by atoms with Crippen LogP contribution in [0, 0.1) is 18.3 Å². The summed E-state index contributed by atoms with van der Waals surface area (Å²) in [4.78, 5) is 3.09. The summed E-state index contributed by atoms with van der Waals surface area (Å²) in [6.07, 6.45) is 0. The summed E-state index contributed by atoms with van der Waals surface area (Å²) >= 11 is 0. The molecule has 0 spiro atoms. The summed E-state index contributed by atoms with van der Waals surface area (Å²) in [5.74, 6) is 0.736. The first-order valence-electron chi connectivity index (χ1n) is 4.35. The first kappa shape index (κ1) is 10.5. The van der Waals surface area contributed by atoms with Crippen LogP contribution in [-0.4, -0.2) is 14.2 Å². The SMILES string of the molecule is CNc1[nH+]c(C)cc(COC)c1C#N. The molecule has 4 heteroatoms. The lowest BCUT2D eigenvalue weighted by Crippen LogP contribution is -2.17. The molecule has 0 radical (unpaired) electrons. The molecule has 0 saturated carbocycles. The molecule has 0 bridgehead atoms. The summed E-state index contributed by atoms with van der Waals surface area (Å²) < 4.78 is 5.03. The number of pyridine rings is 1. The first-order chi connectivity index (χ1) is 6.72. The maximum Gasteiger partial charge on any atom is 0.290 e. The number of aryl methyl sites for hydroxylation is 1. The van der Waals surface area contributed by atoms with E-state index < -0.39 is 0 Å². The Morgan fingerprint density at radius 1 is 1.64 bits per heavy atom. The number of nitriles is 1. The lowest BCUT2D eigenvalue weighted by atomic mass is 10.1. The molecule has 1 rings (SSSR count). The van der Waals surface area contributed by atoms with Crippen LogP contribution in [0.4, 0.5) is 5.82 Å². The van der Waals surface area contributed by atoms with E-state index >= 15 is 0 Å². The van der Waals surface area contributed by atoms with Crippen LogP contribution >= 0.6 is 0 Å². The molecule has 1 heterocycles. The Morgan fingerprint density at radius 2 is 2.36 bits per heavy atom. The standard InChI is InChI=1S/C10H13N3O/c1-7-4-8(6-14-3)9(5-11)10(12-2)13-7/h4H,6H2,1-3H3,(H,12,13)/p+1. The van der Waals surface area contributed by atoms with E-state index in [4.69, 9.17) is 10.00 Å². The van der Waals surface area contributed by atoms with Crippen molar-refractivity contribution in [2.45, 2.75) is 13.5 Å². The van der Waals surface area contributed by atoms with Gasteiger partial charge < -0.3 is 4.74 Å².